The quantitative estimate of drug-likeness (QED) is 0.0870. The highest BCUT2D eigenvalue weighted by atomic mass is 16.6. The van der Waals surface area contributed by atoms with Gasteiger partial charge in [0.1, 0.15) is 24.2 Å². The predicted octanol–water partition coefficient (Wildman–Crippen LogP) is 5.51. The zero-order valence-corrected chi connectivity index (χ0v) is 31.5. The molecule has 3 saturated heterocycles. The number of aliphatic hydroxyl groups is 1. The average molecular weight is 760 g/mol. The van der Waals surface area contributed by atoms with Gasteiger partial charge in [0.15, 0.2) is 0 Å². The highest BCUT2D eigenvalue weighted by Gasteiger charge is 2.37. The summed E-state index contributed by atoms with van der Waals surface area (Å²) >= 11 is 0. The van der Waals surface area contributed by atoms with Crippen molar-refractivity contribution in [2.75, 3.05) is 46.3 Å². The van der Waals surface area contributed by atoms with Crippen LogP contribution in [0.4, 0.5) is 4.79 Å². The van der Waals surface area contributed by atoms with E-state index in [2.05, 4.69) is 20.5 Å². The molecule has 0 saturated carbocycles. The zero-order valence-electron chi connectivity index (χ0n) is 31.5. The molecule has 1 unspecified atom stereocenters. The number of pyridine rings is 1. The number of carbonyl (C=O) groups excluding carboxylic acids is 2. The van der Waals surface area contributed by atoms with Crippen molar-refractivity contribution in [2.24, 2.45) is 5.92 Å². The van der Waals surface area contributed by atoms with Gasteiger partial charge in [0.2, 0.25) is 5.56 Å². The first kappa shape index (κ1) is 38.6. The summed E-state index contributed by atoms with van der Waals surface area (Å²) in [5, 5.41) is 27.9. The molecule has 2 amide bonds. The number of piperidine rings is 3. The molecule has 4 aromatic carbocycles. The molecule has 1 aromatic heterocycles. The fraction of sp³-hybridized carbons (Fsp3) is 0.341. The summed E-state index contributed by atoms with van der Waals surface area (Å²) < 4.78 is 12.2. The number of alkyl carbamates (subject to hydrolysis) is 1. The lowest BCUT2D eigenvalue weighted by molar-refractivity contribution is -0.0336. The second-order valence-electron chi connectivity index (χ2n) is 14.7. The minimum atomic E-state index is -0.860. The lowest BCUT2D eigenvalue weighted by Gasteiger charge is -2.43. The van der Waals surface area contributed by atoms with Crippen molar-refractivity contribution in [1.82, 2.24) is 25.4 Å². The van der Waals surface area contributed by atoms with E-state index < -0.39 is 18.2 Å². The fourth-order valence-corrected chi connectivity index (χ4v) is 7.74. The summed E-state index contributed by atoms with van der Waals surface area (Å²) in [5.41, 5.74) is 3.74. The van der Waals surface area contributed by atoms with Gasteiger partial charge in [-0.25, -0.2) is 4.79 Å². The molecule has 12 nitrogen and oxygen atoms in total. The van der Waals surface area contributed by atoms with Crippen LogP contribution in [0.2, 0.25) is 0 Å². The molecule has 292 valence electrons. The van der Waals surface area contributed by atoms with Crippen molar-refractivity contribution in [3.8, 4) is 11.5 Å². The molecular formula is C44H49N5O7. The number of aromatic amines is 1. The Morgan fingerprint density at radius 1 is 0.946 bits per heavy atom. The van der Waals surface area contributed by atoms with Crippen LogP contribution in [-0.4, -0.2) is 89.4 Å². The second kappa shape index (κ2) is 17.8. The van der Waals surface area contributed by atoms with Crippen LogP contribution in [0.3, 0.4) is 0 Å². The van der Waals surface area contributed by atoms with Crippen molar-refractivity contribution in [1.29, 1.82) is 0 Å². The molecule has 3 aliphatic heterocycles. The third-order valence-electron chi connectivity index (χ3n) is 10.8. The molecule has 0 spiro atoms. The largest absolute Gasteiger partial charge is 0.506 e. The number of benzene rings is 4. The molecule has 2 bridgehead atoms. The zero-order chi connectivity index (χ0) is 39.0. The van der Waals surface area contributed by atoms with E-state index in [1.54, 1.807) is 30.1 Å². The van der Waals surface area contributed by atoms with Gasteiger partial charge in [0.25, 0.3) is 5.91 Å². The topological polar surface area (TPSA) is 156 Å². The van der Waals surface area contributed by atoms with E-state index in [1.165, 1.54) is 12.1 Å². The number of carbonyl (C=O) groups is 2. The lowest BCUT2D eigenvalue weighted by Crippen LogP contribution is -2.52. The van der Waals surface area contributed by atoms with E-state index in [9.17, 15) is 24.6 Å². The maximum atomic E-state index is 13.3. The normalized spacial score (nSPS) is 18.6. The van der Waals surface area contributed by atoms with Gasteiger partial charge in [0.05, 0.1) is 17.7 Å². The smallest absolute Gasteiger partial charge is 0.408 e. The van der Waals surface area contributed by atoms with Crippen LogP contribution >= 0.6 is 0 Å². The number of aromatic hydroxyl groups is 1. The monoisotopic (exact) mass is 759 g/mol. The van der Waals surface area contributed by atoms with Crippen molar-refractivity contribution in [3.05, 3.63) is 141 Å². The van der Waals surface area contributed by atoms with Gasteiger partial charge < -0.3 is 40.2 Å². The third-order valence-corrected chi connectivity index (χ3v) is 10.8. The van der Waals surface area contributed by atoms with Crippen LogP contribution in [0.25, 0.3) is 10.9 Å². The van der Waals surface area contributed by atoms with E-state index in [4.69, 9.17) is 9.47 Å². The molecule has 0 radical (unpaired) electrons. The number of ether oxygens (including phenoxy) is 2. The average Bonchev–Trinajstić information content (AvgIpc) is 3.22. The van der Waals surface area contributed by atoms with Gasteiger partial charge in [-0.3, -0.25) is 14.5 Å². The molecule has 3 atom stereocenters. The fourth-order valence-electron chi connectivity index (χ4n) is 7.74. The highest BCUT2D eigenvalue weighted by molar-refractivity contribution is 5.94. The Hall–Kier alpha value is -5.69. The number of nitrogens with zero attached hydrogens (tertiary/aromatic N) is 2. The van der Waals surface area contributed by atoms with Gasteiger partial charge in [-0.1, -0.05) is 60.7 Å². The summed E-state index contributed by atoms with van der Waals surface area (Å²) in [7, 11) is 1.76. The number of phenols is 1. The van der Waals surface area contributed by atoms with E-state index in [-0.39, 0.29) is 36.5 Å². The van der Waals surface area contributed by atoms with E-state index in [1.807, 2.05) is 72.8 Å². The van der Waals surface area contributed by atoms with E-state index in [0.29, 0.717) is 53.2 Å². The number of rotatable bonds is 15. The van der Waals surface area contributed by atoms with Crippen molar-refractivity contribution in [3.63, 3.8) is 0 Å². The Morgan fingerprint density at radius 3 is 2.52 bits per heavy atom. The Balaban J connectivity index is 0.904. The summed E-state index contributed by atoms with van der Waals surface area (Å²) in [6, 6.07) is 30.5. The number of hydrogen-bond acceptors (Lipinski definition) is 9. The van der Waals surface area contributed by atoms with Crippen molar-refractivity contribution < 1.29 is 29.3 Å². The Bertz CT molecular complexity index is 2190. The molecule has 5 aromatic rings. The highest BCUT2D eigenvalue weighted by Crippen LogP contribution is 2.31. The number of aromatic nitrogens is 1. The Labute approximate surface area is 326 Å². The molecule has 56 heavy (non-hydrogen) atoms. The number of H-pyrrole nitrogens is 1. The van der Waals surface area contributed by atoms with Crippen LogP contribution in [0.1, 0.15) is 64.0 Å². The molecule has 5 N–H and O–H groups in total. The minimum absolute atomic E-state index is 0.0568. The van der Waals surface area contributed by atoms with Gasteiger partial charge in [-0.05, 0) is 103 Å². The van der Waals surface area contributed by atoms with Crippen LogP contribution in [-0.2, 0) is 11.3 Å². The maximum Gasteiger partial charge on any atom is 0.408 e. The van der Waals surface area contributed by atoms with Gasteiger partial charge in [-0.2, -0.15) is 0 Å². The van der Waals surface area contributed by atoms with Crippen LogP contribution < -0.4 is 20.9 Å². The van der Waals surface area contributed by atoms with Crippen LogP contribution in [0.15, 0.2) is 108 Å². The molecule has 12 heteroatoms. The second-order valence-corrected chi connectivity index (χ2v) is 14.7. The van der Waals surface area contributed by atoms with Gasteiger partial charge in [0, 0.05) is 43.7 Å². The lowest BCUT2D eigenvalue weighted by atomic mass is 9.86. The number of hydrogen-bond donors (Lipinski definition) is 5. The minimum Gasteiger partial charge on any atom is -0.506 e. The van der Waals surface area contributed by atoms with Gasteiger partial charge >= 0.3 is 6.09 Å². The van der Waals surface area contributed by atoms with Crippen molar-refractivity contribution in [2.45, 2.75) is 44.1 Å². The number of nitrogens with one attached hydrogen (secondary N) is 3. The third kappa shape index (κ3) is 9.39. The summed E-state index contributed by atoms with van der Waals surface area (Å²) in [6.45, 7) is 4.52. The maximum absolute atomic E-state index is 13.3. The number of phenolic OH excluding ortho intramolecular Hbond substituents is 1. The number of fused-ring (bicyclic) bond motifs is 4. The molecular weight excluding hydrogens is 711 g/mol. The standard InChI is InChI=1S/C44H49N5O7/c1-48(21-7-20-45-26-38(51)35-14-16-37(50)42-36(35)15-17-40(52)46-42)43(53)33-12-5-8-29(24-33)28-55-34-13-6-11-32(25-34)41(31-9-3-2-4-10-31)47-44(54)56-39-27-49-22-18-30(39)19-23-49/h2-6,8-17,24-25,30,38-39,41,45,50-51H,7,18-23,26-28H2,1H3,(H,46,52)(H,47,54)/t38-,39+,41?/m1/s1. The summed E-state index contributed by atoms with van der Waals surface area (Å²) in [5.74, 6) is 0.882. The van der Waals surface area contributed by atoms with Crippen LogP contribution in [0, 0.1) is 5.92 Å². The molecule has 8 rings (SSSR count). The molecule has 0 aliphatic carbocycles. The first-order valence-electron chi connectivity index (χ1n) is 19.3. The first-order chi connectivity index (χ1) is 27.2. The molecule has 3 fully saturated rings. The van der Waals surface area contributed by atoms with Crippen LogP contribution in [0.5, 0.6) is 11.5 Å². The van der Waals surface area contributed by atoms with Gasteiger partial charge in [-0.15, -0.1) is 0 Å². The van der Waals surface area contributed by atoms with E-state index in [0.717, 1.165) is 49.2 Å². The number of aliphatic hydroxyl groups excluding tert-OH is 1. The Morgan fingerprint density at radius 2 is 1.73 bits per heavy atom. The SMILES string of the molecule is CN(CCCNC[C@@H](O)c1ccc(O)c2[nH]c(=O)ccc12)C(=O)c1cccc(COc2cccc(C(NC(=O)O[C@H]3CN4CCC3CC4)c3ccccc3)c2)c1. The summed E-state index contributed by atoms with van der Waals surface area (Å²) in [4.78, 5) is 45.0. The summed E-state index contributed by atoms with van der Waals surface area (Å²) in [6.07, 6.45) is 1.41. The molecule has 3 aliphatic rings. The Kier molecular flexibility index (Phi) is 12.3. The van der Waals surface area contributed by atoms with Crippen molar-refractivity contribution >= 4 is 22.9 Å². The van der Waals surface area contributed by atoms with E-state index >= 15 is 0 Å². The predicted molar refractivity (Wildman–Crippen MR) is 214 cm³/mol. The number of amides is 2. The first-order valence-corrected chi connectivity index (χ1v) is 19.3. The molecule has 4 heterocycles.